The van der Waals surface area contributed by atoms with Crippen LogP contribution >= 0.6 is 0 Å². The molecule has 3 rings (SSSR count). The molecule has 3 nitrogen and oxygen atoms in total. The molecule has 2 heterocycles. The molecular weight excluding hydrogens is 240 g/mol. The smallest absolute Gasteiger partial charge is 0.168 e. The Bertz CT molecular complexity index is 292. The molecule has 2 aliphatic heterocycles. The molecule has 0 N–H and O–H groups in total. The zero-order chi connectivity index (χ0) is 13.2. The predicted molar refractivity (Wildman–Crippen MR) is 74.0 cm³/mol. The van der Waals surface area contributed by atoms with Crippen LogP contribution < -0.4 is 0 Å². The Balaban J connectivity index is 1.54. The van der Waals surface area contributed by atoms with E-state index < -0.39 is 0 Å². The monoisotopic (exact) mass is 268 g/mol. The fraction of sp³-hybridized carbons (Fsp3) is 1.00. The molecule has 1 aliphatic carbocycles. The highest BCUT2D eigenvalue weighted by molar-refractivity contribution is 5.00. The van der Waals surface area contributed by atoms with E-state index in [1.165, 1.54) is 44.9 Å². The van der Waals surface area contributed by atoms with Crippen molar-refractivity contribution in [1.82, 2.24) is 0 Å². The fourth-order valence-electron chi connectivity index (χ4n) is 3.91. The molecule has 0 bridgehead atoms. The zero-order valence-corrected chi connectivity index (χ0v) is 12.3. The van der Waals surface area contributed by atoms with E-state index >= 15 is 0 Å². The van der Waals surface area contributed by atoms with Gasteiger partial charge in [0.25, 0.3) is 0 Å². The lowest BCUT2D eigenvalue weighted by Crippen LogP contribution is -2.34. The zero-order valence-electron chi connectivity index (χ0n) is 12.3. The summed E-state index contributed by atoms with van der Waals surface area (Å²) in [6, 6.07) is 0. The first-order valence-corrected chi connectivity index (χ1v) is 8.20. The van der Waals surface area contributed by atoms with E-state index in [1.54, 1.807) is 0 Å². The first-order chi connectivity index (χ1) is 9.29. The van der Waals surface area contributed by atoms with Crippen molar-refractivity contribution in [2.45, 2.75) is 76.1 Å². The molecule has 0 radical (unpaired) electrons. The SMILES string of the molecule is CCCCC1(CCC2CCCCC23CO3)OCCO1. The maximum Gasteiger partial charge on any atom is 0.168 e. The van der Waals surface area contributed by atoms with Crippen molar-refractivity contribution < 1.29 is 14.2 Å². The lowest BCUT2D eigenvalue weighted by atomic mass is 9.76. The van der Waals surface area contributed by atoms with Gasteiger partial charge in [-0.05, 0) is 31.6 Å². The molecule has 2 atom stereocenters. The van der Waals surface area contributed by atoms with Crippen LogP contribution in [0.3, 0.4) is 0 Å². The van der Waals surface area contributed by atoms with Gasteiger partial charge in [0.2, 0.25) is 0 Å². The van der Waals surface area contributed by atoms with E-state index in [0.717, 1.165) is 38.6 Å². The first kappa shape index (κ1) is 13.8. The van der Waals surface area contributed by atoms with Crippen LogP contribution in [-0.2, 0) is 14.2 Å². The molecule has 110 valence electrons. The van der Waals surface area contributed by atoms with Crippen LogP contribution in [0.25, 0.3) is 0 Å². The van der Waals surface area contributed by atoms with Gasteiger partial charge in [0.1, 0.15) is 0 Å². The van der Waals surface area contributed by atoms with Crippen LogP contribution in [0.4, 0.5) is 0 Å². The minimum atomic E-state index is -0.260. The van der Waals surface area contributed by atoms with Gasteiger partial charge in [-0.15, -0.1) is 0 Å². The van der Waals surface area contributed by atoms with Crippen LogP contribution in [-0.4, -0.2) is 31.2 Å². The fourth-order valence-corrected chi connectivity index (χ4v) is 3.91. The van der Waals surface area contributed by atoms with E-state index in [9.17, 15) is 0 Å². The summed E-state index contributed by atoms with van der Waals surface area (Å²) in [4.78, 5) is 0. The molecule has 0 amide bonds. The van der Waals surface area contributed by atoms with Gasteiger partial charge in [0.15, 0.2) is 5.79 Å². The second kappa shape index (κ2) is 5.71. The highest BCUT2D eigenvalue weighted by Gasteiger charge is 2.52. The van der Waals surface area contributed by atoms with Gasteiger partial charge >= 0.3 is 0 Å². The molecule has 2 unspecified atom stereocenters. The van der Waals surface area contributed by atoms with Crippen LogP contribution in [0.15, 0.2) is 0 Å². The molecule has 0 aromatic carbocycles. The minimum Gasteiger partial charge on any atom is -0.369 e. The van der Waals surface area contributed by atoms with Crippen molar-refractivity contribution in [2.75, 3.05) is 19.8 Å². The highest BCUT2D eigenvalue weighted by atomic mass is 16.7. The van der Waals surface area contributed by atoms with Crippen molar-refractivity contribution in [2.24, 2.45) is 5.92 Å². The summed E-state index contributed by atoms with van der Waals surface area (Å²) < 4.78 is 17.7. The van der Waals surface area contributed by atoms with Crippen molar-refractivity contribution in [3.8, 4) is 0 Å². The summed E-state index contributed by atoms with van der Waals surface area (Å²) in [5.74, 6) is 0.483. The summed E-state index contributed by atoms with van der Waals surface area (Å²) in [5, 5.41) is 0. The quantitative estimate of drug-likeness (QED) is 0.689. The topological polar surface area (TPSA) is 31.0 Å². The number of unbranched alkanes of at least 4 members (excludes halogenated alkanes) is 1. The highest BCUT2D eigenvalue weighted by Crippen LogP contribution is 2.49. The second-order valence-electron chi connectivity index (χ2n) is 6.55. The van der Waals surface area contributed by atoms with Gasteiger partial charge in [-0.2, -0.15) is 0 Å². The number of hydrogen-bond acceptors (Lipinski definition) is 3. The van der Waals surface area contributed by atoms with Crippen LogP contribution in [0.2, 0.25) is 0 Å². The van der Waals surface area contributed by atoms with E-state index in [-0.39, 0.29) is 11.4 Å². The van der Waals surface area contributed by atoms with Gasteiger partial charge < -0.3 is 14.2 Å². The minimum absolute atomic E-state index is 0.260. The van der Waals surface area contributed by atoms with E-state index in [1.807, 2.05) is 0 Å². The molecule has 0 aromatic rings. The molecule has 2 saturated heterocycles. The normalized spacial score (nSPS) is 36.8. The summed E-state index contributed by atoms with van der Waals surface area (Å²) in [7, 11) is 0. The second-order valence-corrected chi connectivity index (χ2v) is 6.55. The summed E-state index contributed by atoms with van der Waals surface area (Å²) in [6.45, 7) is 4.78. The lowest BCUT2D eigenvalue weighted by molar-refractivity contribution is -0.171. The maximum atomic E-state index is 5.96. The van der Waals surface area contributed by atoms with E-state index in [4.69, 9.17) is 14.2 Å². The van der Waals surface area contributed by atoms with Gasteiger partial charge in [-0.3, -0.25) is 0 Å². The third kappa shape index (κ3) is 2.98. The Morgan fingerprint density at radius 1 is 1.05 bits per heavy atom. The van der Waals surface area contributed by atoms with Gasteiger partial charge in [0, 0.05) is 12.8 Å². The number of rotatable bonds is 6. The van der Waals surface area contributed by atoms with Gasteiger partial charge in [-0.1, -0.05) is 26.2 Å². The first-order valence-electron chi connectivity index (χ1n) is 8.20. The van der Waals surface area contributed by atoms with Crippen molar-refractivity contribution >= 4 is 0 Å². The Labute approximate surface area is 117 Å². The van der Waals surface area contributed by atoms with Crippen molar-refractivity contribution in [1.29, 1.82) is 0 Å². The van der Waals surface area contributed by atoms with Crippen LogP contribution in [0.5, 0.6) is 0 Å². The summed E-state index contributed by atoms with van der Waals surface area (Å²) >= 11 is 0. The number of ether oxygens (including phenoxy) is 3. The van der Waals surface area contributed by atoms with Gasteiger partial charge in [0.05, 0.1) is 25.4 Å². The summed E-state index contributed by atoms with van der Waals surface area (Å²) in [5.41, 5.74) is 0.267. The summed E-state index contributed by atoms with van der Waals surface area (Å²) in [6.07, 6.45) is 11.1. The standard InChI is InChI=1S/C16H28O3/c1-2-3-9-16(17-11-12-18-16)10-7-14-6-4-5-8-15(14)13-19-15/h14H,2-13H2,1H3. The third-order valence-corrected chi connectivity index (χ3v) is 5.26. The Kier molecular flexibility index (Phi) is 4.16. The number of hydrogen-bond donors (Lipinski definition) is 0. The van der Waals surface area contributed by atoms with E-state index in [0.29, 0.717) is 0 Å². The Hall–Kier alpha value is -0.120. The van der Waals surface area contributed by atoms with Crippen LogP contribution in [0, 0.1) is 5.92 Å². The average Bonchev–Trinajstić information content (AvgIpc) is 3.04. The molecule has 3 fully saturated rings. The average molecular weight is 268 g/mol. The molecule has 1 saturated carbocycles. The van der Waals surface area contributed by atoms with Gasteiger partial charge in [-0.25, -0.2) is 0 Å². The van der Waals surface area contributed by atoms with Crippen LogP contribution in [0.1, 0.15) is 64.7 Å². The maximum absolute atomic E-state index is 5.96. The van der Waals surface area contributed by atoms with Crippen molar-refractivity contribution in [3.63, 3.8) is 0 Å². The lowest BCUT2D eigenvalue weighted by Gasteiger charge is -2.33. The molecule has 19 heavy (non-hydrogen) atoms. The van der Waals surface area contributed by atoms with E-state index in [2.05, 4.69) is 6.92 Å². The Morgan fingerprint density at radius 3 is 2.53 bits per heavy atom. The molecule has 0 aromatic heterocycles. The predicted octanol–water partition coefficient (Wildman–Crippen LogP) is 3.66. The number of epoxide rings is 1. The van der Waals surface area contributed by atoms with Crippen molar-refractivity contribution in [3.05, 3.63) is 0 Å². The molecule has 3 heteroatoms. The molecular formula is C16H28O3. The largest absolute Gasteiger partial charge is 0.369 e. The molecule has 1 spiro atoms. The molecule has 3 aliphatic rings. The third-order valence-electron chi connectivity index (χ3n) is 5.26. The Morgan fingerprint density at radius 2 is 1.84 bits per heavy atom.